The molecule has 16 heavy (non-hydrogen) atoms. The van der Waals surface area contributed by atoms with Crippen LogP contribution in [0, 0.1) is 0 Å². The van der Waals surface area contributed by atoms with Gasteiger partial charge in [-0.25, -0.2) is 13.1 Å². The number of nitrogens with one attached hydrogen (secondary N) is 1. The molecule has 6 heteroatoms. The van der Waals surface area contributed by atoms with Crippen LogP contribution in [0.2, 0.25) is 0 Å². The molecule has 1 rings (SSSR count). The number of hydrogen-bond donors (Lipinski definition) is 1. The maximum Gasteiger partial charge on any atom is 0.211 e. The van der Waals surface area contributed by atoms with E-state index in [9.17, 15) is 8.42 Å². The van der Waals surface area contributed by atoms with Gasteiger partial charge in [-0.3, -0.25) is 0 Å². The highest BCUT2D eigenvalue weighted by Gasteiger charge is 2.30. The van der Waals surface area contributed by atoms with Crippen LogP contribution in [0.4, 0.5) is 0 Å². The first-order valence-electron chi connectivity index (χ1n) is 5.65. The van der Waals surface area contributed by atoms with E-state index in [1.807, 2.05) is 6.92 Å². The van der Waals surface area contributed by atoms with E-state index >= 15 is 0 Å². The van der Waals surface area contributed by atoms with Crippen molar-refractivity contribution in [1.29, 1.82) is 0 Å². The van der Waals surface area contributed by atoms with Crippen LogP contribution in [0.3, 0.4) is 0 Å². The smallest absolute Gasteiger partial charge is 0.211 e. The standard InChI is InChI=1S/C10H20ClNO3S/c1-10(5-4-7-15-10)9-12-16(13,14)8-3-2-6-11/h12H,2-9H2,1H3. The Balaban J connectivity index is 2.30. The monoisotopic (exact) mass is 269 g/mol. The number of halogens is 1. The van der Waals surface area contributed by atoms with Crippen molar-refractivity contribution < 1.29 is 13.2 Å². The van der Waals surface area contributed by atoms with Crippen LogP contribution >= 0.6 is 11.6 Å². The molecule has 1 aliphatic rings. The van der Waals surface area contributed by atoms with Crippen molar-refractivity contribution in [2.24, 2.45) is 0 Å². The minimum Gasteiger partial charge on any atom is -0.374 e. The molecule has 0 bridgehead atoms. The molecule has 1 atom stereocenters. The molecular formula is C10H20ClNO3S. The van der Waals surface area contributed by atoms with Crippen molar-refractivity contribution in [3.63, 3.8) is 0 Å². The Labute approximate surface area is 103 Å². The molecular weight excluding hydrogens is 250 g/mol. The summed E-state index contributed by atoms with van der Waals surface area (Å²) in [6.45, 7) is 3.04. The number of ether oxygens (including phenoxy) is 1. The number of alkyl halides is 1. The van der Waals surface area contributed by atoms with Crippen molar-refractivity contribution in [1.82, 2.24) is 4.72 Å². The van der Waals surface area contributed by atoms with Gasteiger partial charge < -0.3 is 4.74 Å². The Morgan fingerprint density at radius 2 is 2.19 bits per heavy atom. The lowest BCUT2D eigenvalue weighted by Gasteiger charge is -2.23. The van der Waals surface area contributed by atoms with Gasteiger partial charge in [-0.05, 0) is 32.6 Å². The van der Waals surface area contributed by atoms with E-state index in [1.165, 1.54) is 0 Å². The molecule has 0 aliphatic carbocycles. The van der Waals surface area contributed by atoms with Gasteiger partial charge in [0.15, 0.2) is 0 Å². The molecule has 96 valence electrons. The largest absolute Gasteiger partial charge is 0.374 e. The van der Waals surface area contributed by atoms with E-state index in [2.05, 4.69) is 4.72 Å². The SMILES string of the molecule is CC1(CNS(=O)(=O)CCCCCl)CCCO1. The lowest BCUT2D eigenvalue weighted by molar-refractivity contribution is 0.0250. The molecule has 1 saturated heterocycles. The predicted octanol–water partition coefficient (Wildman–Crippen LogP) is 1.49. The number of hydrogen-bond acceptors (Lipinski definition) is 3. The molecule has 0 amide bonds. The Hall–Kier alpha value is 0.160. The topological polar surface area (TPSA) is 55.4 Å². The number of sulfonamides is 1. The third-order valence-corrected chi connectivity index (χ3v) is 4.44. The maximum atomic E-state index is 11.6. The molecule has 0 radical (unpaired) electrons. The molecule has 0 spiro atoms. The highest BCUT2D eigenvalue weighted by Crippen LogP contribution is 2.24. The first kappa shape index (κ1) is 14.2. The lowest BCUT2D eigenvalue weighted by atomic mass is 10.0. The average Bonchev–Trinajstić information content (AvgIpc) is 2.64. The summed E-state index contributed by atoms with van der Waals surface area (Å²) in [5.74, 6) is 0.659. The molecule has 0 aromatic rings. The van der Waals surface area contributed by atoms with Crippen LogP contribution < -0.4 is 4.72 Å². The summed E-state index contributed by atoms with van der Waals surface area (Å²) in [6, 6.07) is 0. The number of rotatable bonds is 7. The molecule has 0 saturated carbocycles. The predicted molar refractivity (Wildman–Crippen MR) is 65.3 cm³/mol. The van der Waals surface area contributed by atoms with Crippen LogP contribution in [0.25, 0.3) is 0 Å². The highest BCUT2D eigenvalue weighted by atomic mass is 35.5. The minimum absolute atomic E-state index is 0.149. The van der Waals surface area contributed by atoms with Gasteiger partial charge in [0, 0.05) is 19.0 Å². The van der Waals surface area contributed by atoms with Crippen molar-refractivity contribution >= 4 is 21.6 Å². The van der Waals surface area contributed by atoms with Crippen LogP contribution in [0.15, 0.2) is 0 Å². The van der Waals surface area contributed by atoms with Gasteiger partial charge in [-0.1, -0.05) is 0 Å². The minimum atomic E-state index is -3.17. The third kappa shape index (κ3) is 4.99. The summed E-state index contributed by atoms with van der Waals surface area (Å²) in [6.07, 6.45) is 3.26. The fourth-order valence-corrected chi connectivity index (χ4v) is 3.14. The van der Waals surface area contributed by atoms with E-state index in [1.54, 1.807) is 0 Å². The second kappa shape index (κ2) is 6.19. The van der Waals surface area contributed by atoms with Crippen molar-refractivity contribution in [2.75, 3.05) is 24.8 Å². The van der Waals surface area contributed by atoms with Crippen molar-refractivity contribution in [3.05, 3.63) is 0 Å². The van der Waals surface area contributed by atoms with Gasteiger partial charge in [0.1, 0.15) is 0 Å². The second-order valence-corrected chi connectivity index (χ2v) is 6.74. The molecule has 1 unspecified atom stereocenters. The van der Waals surface area contributed by atoms with Gasteiger partial charge in [-0.2, -0.15) is 0 Å². The van der Waals surface area contributed by atoms with E-state index < -0.39 is 10.0 Å². The Morgan fingerprint density at radius 1 is 1.44 bits per heavy atom. The molecule has 1 fully saturated rings. The summed E-state index contributed by atoms with van der Waals surface area (Å²) < 4.78 is 31.3. The zero-order valence-corrected chi connectivity index (χ0v) is 11.2. The Morgan fingerprint density at radius 3 is 2.75 bits per heavy atom. The second-order valence-electron chi connectivity index (χ2n) is 4.44. The normalized spacial score (nSPS) is 26.1. The van der Waals surface area contributed by atoms with Crippen LogP contribution in [0.5, 0.6) is 0 Å². The Kier molecular flexibility index (Phi) is 5.50. The molecule has 1 heterocycles. The summed E-state index contributed by atoms with van der Waals surface area (Å²) in [4.78, 5) is 0. The Bertz CT molecular complexity index is 299. The zero-order valence-electron chi connectivity index (χ0n) is 9.67. The summed E-state index contributed by atoms with van der Waals surface area (Å²) in [7, 11) is -3.17. The maximum absolute atomic E-state index is 11.6. The zero-order chi connectivity index (χ0) is 12.1. The molecule has 0 aromatic heterocycles. The third-order valence-electron chi connectivity index (χ3n) is 2.76. The van der Waals surface area contributed by atoms with E-state index in [0.29, 0.717) is 18.8 Å². The fraction of sp³-hybridized carbons (Fsp3) is 1.00. The van der Waals surface area contributed by atoms with Crippen LogP contribution in [-0.4, -0.2) is 38.8 Å². The van der Waals surface area contributed by atoms with E-state index in [0.717, 1.165) is 25.9 Å². The highest BCUT2D eigenvalue weighted by molar-refractivity contribution is 7.89. The molecule has 1 N–H and O–H groups in total. The van der Waals surface area contributed by atoms with Gasteiger partial charge in [0.05, 0.1) is 11.4 Å². The lowest BCUT2D eigenvalue weighted by Crippen LogP contribution is -2.40. The van der Waals surface area contributed by atoms with Gasteiger partial charge in [0.25, 0.3) is 0 Å². The van der Waals surface area contributed by atoms with Gasteiger partial charge >= 0.3 is 0 Å². The van der Waals surface area contributed by atoms with Crippen LogP contribution in [-0.2, 0) is 14.8 Å². The van der Waals surface area contributed by atoms with Crippen LogP contribution in [0.1, 0.15) is 32.6 Å². The fourth-order valence-electron chi connectivity index (χ4n) is 1.70. The summed E-state index contributed by atoms with van der Waals surface area (Å²) >= 11 is 5.50. The van der Waals surface area contributed by atoms with Gasteiger partial charge in [0.2, 0.25) is 10.0 Å². The quantitative estimate of drug-likeness (QED) is 0.563. The van der Waals surface area contributed by atoms with Gasteiger partial charge in [-0.15, -0.1) is 11.6 Å². The van der Waals surface area contributed by atoms with E-state index in [-0.39, 0.29) is 11.4 Å². The molecule has 4 nitrogen and oxygen atoms in total. The average molecular weight is 270 g/mol. The van der Waals surface area contributed by atoms with Crippen molar-refractivity contribution in [3.8, 4) is 0 Å². The first-order valence-corrected chi connectivity index (χ1v) is 7.83. The first-order chi connectivity index (χ1) is 7.47. The number of unbranched alkanes of at least 4 members (excludes halogenated alkanes) is 1. The van der Waals surface area contributed by atoms with E-state index in [4.69, 9.17) is 16.3 Å². The molecule has 1 aliphatic heterocycles. The molecule has 0 aromatic carbocycles. The summed E-state index contributed by atoms with van der Waals surface area (Å²) in [5, 5.41) is 0. The van der Waals surface area contributed by atoms with Crippen molar-refractivity contribution in [2.45, 2.75) is 38.2 Å². The summed E-state index contributed by atoms with van der Waals surface area (Å²) in [5.41, 5.74) is -0.320.